The van der Waals surface area contributed by atoms with Gasteiger partial charge in [0.05, 0.1) is 16.9 Å². The Bertz CT molecular complexity index is 1080. The van der Waals surface area contributed by atoms with E-state index in [4.69, 9.17) is 17.3 Å². The Labute approximate surface area is 171 Å². The third-order valence-corrected chi connectivity index (χ3v) is 6.14. The van der Waals surface area contributed by atoms with Crippen LogP contribution in [0.3, 0.4) is 0 Å². The van der Waals surface area contributed by atoms with Gasteiger partial charge >= 0.3 is 0 Å². The van der Waals surface area contributed by atoms with Crippen LogP contribution >= 0.6 is 23.4 Å². The molecule has 0 saturated carbocycles. The summed E-state index contributed by atoms with van der Waals surface area (Å²) in [6.45, 7) is 2.66. The molecule has 1 atom stereocenters. The first-order chi connectivity index (χ1) is 13.4. The number of nitrogens with zero attached hydrogens (tertiary/aromatic N) is 2. The first kappa shape index (κ1) is 18.8. The highest BCUT2D eigenvalue weighted by molar-refractivity contribution is 7.99. The number of nitrogens with two attached hydrogens (primary N) is 1. The number of carbonyl (C=O) groups is 2. The normalized spacial score (nSPS) is 15.1. The molecule has 2 heterocycles. The van der Waals surface area contributed by atoms with Crippen molar-refractivity contribution in [3.05, 3.63) is 63.9 Å². The van der Waals surface area contributed by atoms with E-state index >= 15 is 0 Å². The molecule has 1 aliphatic rings. The summed E-state index contributed by atoms with van der Waals surface area (Å²) < 4.78 is 0. The minimum atomic E-state index is -0.531. The lowest BCUT2D eigenvalue weighted by Crippen LogP contribution is -2.28. The number of halogens is 1. The number of aromatic amines is 1. The topological polar surface area (TPSA) is 92.1 Å². The van der Waals surface area contributed by atoms with Crippen molar-refractivity contribution in [3.63, 3.8) is 0 Å². The van der Waals surface area contributed by atoms with Crippen molar-refractivity contribution in [2.45, 2.75) is 12.8 Å². The molecule has 1 unspecified atom stereocenters. The second kappa shape index (κ2) is 7.48. The first-order valence-electron chi connectivity index (χ1n) is 8.90. The molecule has 2 amide bonds. The number of primary amides is 1. The second-order valence-corrected chi connectivity index (χ2v) is 8.29. The van der Waals surface area contributed by atoms with Gasteiger partial charge < -0.3 is 15.6 Å². The fourth-order valence-electron chi connectivity index (χ4n) is 3.39. The first-order valence-corrected chi connectivity index (χ1v) is 10.4. The Balaban J connectivity index is 1.75. The number of carbonyl (C=O) groups excluding carboxylic acids is 2. The Morgan fingerprint density at radius 1 is 1.29 bits per heavy atom. The van der Waals surface area contributed by atoms with Gasteiger partial charge in [0, 0.05) is 34.4 Å². The molecule has 144 valence electrons. The van der Waals surface area contributed by atoms with Crippen LogP contribution in [0.5, 0.6) is 0 Å². The van der Waals surface area contributed by atoms with Crippen LogP contribution in [0, 0.1) is 0 Å². The summed E-state index contributed by atoms with van der Waals surface area (Å²) in [4.78, 5) is 34.4. The zero-order chi connectivity index (χ0) is 19.8. The van der Waals surface area contributed by atoms with Gasteiger partial charge in [-0.15, -0.1) is 11.8 Å². The molecule has 28 heavy (non-hydrogen) atoms. The van der Waals surface area contributed by atoms with Crippen molar-refractivity contribution in [1.29, 1.82) is 0 Å². The maximum absolute atomic E-state index is 12.8. The van der Waals surface area contributed by atoms with Crippen LogP contribution in [0.25, 0.3) is 11.0 Å². The van der Waals surface area contributed by atoms with E-state index in [1.165, 1.54) is 0 Å². The maximum atomic E-state index is 12.8. The Kier molecular flexibility index (Phi) is 5.03. The molecular formula is C20H19ClN4O2S. The monoisotopic (exact) mass is 414 g/mol. The number of benzene rings is 2. The molecule has 1 aliphatic heterocycles. The lowest BCUT2D eigenvalue weighted by atomic mass is 9.92. The Morgan fingerprint density at radius 3 is 2.82 bits per heavy atom. The van der Waals surface area contributed by atoms with E-state index in [2.05, 4.69) is 9.97 Å². The molecule has 0 spiro atoms. The predicted octanol–water partition coefficient (Wildman–Crippen LogP) is 3.61. The molecule has 1 fully saturated rings. The highest BCUT2D eigenvalue weighted by atomic mass is 35.5. The number of nitrogens with one attached hydrogen (secondary N) is 1. The summed E-state index contributed by atoms with van der Waals surface area (Å²) in [6, 6.07) is 10.5. The van der Waals surface area contributed by atoms with Crippen LogP contribution < -0.4 is 5.73 Å². The predicted molar refractivity (Wildman–Crippen MR) is 112 cm³/mol. The van der Waals surface area contributed by atoms with Crippen molar-refractivity contribution in [3.8, 4) is 0 Å². The highest BCUT2D eigenvalue weighted by Crippen LogP contribution is 2.29. The van der Waals surface area contributed by atoms with Crippen molar-refractivity contribution in [1.82, 2.24) is 14.9 Å². The van der Waals surface area contributed by atoms with Crippen molar-refractivity contribution >= 4 is 46.2 Å². The lowest BCUT2D eigenvalue weighted by molar-refractivity contribution is 0.0802. The number of amides is 2. The summed E-state index contributed by atoms with van der Waals surface area (Å²) in [5.41, 5.74) is 8.80. The molecule has 1 saturated heterocycles. The SMILES string of the molecule is CC(c1nc2ccc(Cl)cc2[nH]1)c1cc(C(=O)N2CCSC2)ccc1C(N)=O. The van der Waals surface area contributed by atoms with Crippen LogP contribution in [0.4, 0.5) is 0 Å². The molecule has 8 heteroatoms. The van der Waals surface area contributed by atoms with Crippen molar-refractivity contribution < 1.29 is 9.59 Å². The lowest BCUT2D eigenvalue weighted by Gasteiger charge is -2.18. The van der Waals surface area contributed by atoms with E-state index in [-0.39, 0.29) is 11.8 Å². The van der Waals surface area contributed by atoms with Crippen LogP contribution in [0.2, 0.25) is 5.02 Å². The molecular weight excluding hydrogens is 396 g/mol. The van der Waals surface area contributed by atoms with Gasteiger partial charge in [0.25, 0.3) is 5.91 Å². The van der Waals surface area contributed by atoms with E-state index in [0.717, 1.165) is 23.3 Å². The molecule has 3 aromatic rings. The number of aromatic nitrogens is 2. The second-order valence-electron chi connectivity index (χ2n) is 6.78. The standard InChI is InChI=1S/C20H19ClN4O2S/c1-11(19-23-16-5-3-13(21)9-17(16)24-19)15-8-12(2-4-14(15)18(22)26)20(27)25-6-7-28-10-25/h2-5,8-9,11H,6-7,10H2,1H3,(H2,22,26)(H,23,24). The van der Waals surface area contributed by atoms with Gasteiger partial charge in [0.2, 0.25) is 5.91 Å². The van der Waals surface area contributed by atoms with Gasteiger partial charge in [-0.3, -0.25) is 9.59 Å². The average molecular weight is 415 g/mol. The van der Waals surface area contributed by atoms with Gasteiger partial charge in [-0.2, -0.15) is 0 Å². The van der Waals surface area contributed by atoms with Crippen molar-refractivity contribution in [2.24, 2.45) is 5.73 Å². The summed E-state index contributed by atoms with van der Waals surface area (Å²) in [5.74, 6) is 1.49. The summed E-state index contributed by atoms with van der Waals surface area (Å²) in [5, 5.41) is 0.615. The molecule has 1 aromatic heterocycles. The fourth-order valence-corrected chi connectivity index (χ4v) is 4.51. The Hall–Kier alpha value is -2.51. The molecule has 4 rings (SSSR count). The van der Waals surface area contributed by atoms with Crippen LogP contribution in [-0.2, 0) is 0 Å². The number of imidazole rings is 1. The highest BCUT2D eigenvalue weighted by Gasteiger charge is 2.24. The number of thioether (sulfide) groups is 1. The zero-order valence-electron chi connectivity index (χ0n) is 15.2. The Morgan fingerprint density at radius 2 is 2.11 bits per heavy atom. The van der Waals surface area contributed by atoms with Gasteiger partial charge in [-0.25, -0.2) is 4.98 Å². The quantitative estimate of drug-likeness (QED) is 0.682. The zero-order valence-corrected chi connectivity index (χ0v) is 16.8. The van der Waals surface area contributed by atoms with E-state index in [9.17, 15) is 9.59 Å². The van der Waals surface area contributed by atoms with E-state index in [1.807, 2.05) is 17.9 Å². The van der Waals surface area contributed by atoms with Gasteiger partial charge in [0.15, 0.2) is 0 Å². The van der Waals surface area contributed by atoms with Crippen molar-refractivity contribution in [2.75, 3.05) is 18.2 Å². The molecule has 0 aliphatic carbocycles. The third-order valence-electron chi connectivity index (χ3n) is 4.94. The number of H-pyrrole nitrogens is 1. The summed E-state index contributed by atoms with van der Waals surface area (Å²) in [7, 11) is 0. The largest absolute Gasteiger partial charge is 0.366 e. The van der Waals surface area contributed by atoms with E-state index < -0.39 is 5.91 Å². The summed E-state index contributed by atoms with van der Waals surface area (Å²) in [6.07, 6.45) is 0. The average Bonchev–Trinajstić information content (AvgIpc) is 3.35. The van der Waals surface area contributed by atoms with Gasteiger partial charge in [-0.05, 0) is 42.0 Å². The maximum Gasteiger partial charge on any atom is 0.254 e. The number of rotatable bonds is 4. The number of fused-ring (bicyclic) bond motifs is 1. The van der Waals surface area contributed by atoms with Crippen LogP contribution in [-0.4, -0.2) is 44.9 Å². The fraction of sp³-hybridized carbons (Fsp3) is 0.250. The molecule has 3 N–H and O–H groups in total. The minimum absolute atomic E-state index is 0.0362. The molecule has 0 radical (unpaired) electrons. The molecule has 6 nitrogen and oxygen atoms in total. The van der Waals surface area contributed by atoms with Crippen LogP contribution in [0.15, 0.2) is 36.4 Å². The number of hydrogen-bond acceptors (Lipinski definition) is 4. The van der Waals surface area contributed by atoms with Crippen LogP contribution in [0.1, 0.15) is 44.9 Å². The third kappa shape index (κ3) is 3.47. The van der Waals surface area contributed by atoms with Gasteiger partial charge in [0.1, 0.15) is 5.82 Å². The summed E-state index contributed by atoms with van der Waals surface area (Å²) >= 11 is 7.79. The molecule has 0 bridgehead atoms. The van der Waals surface area contributed by atoms with E-state index in [0.29, 0.717) is 33.4 Å². The molecule has 2 aromatic carbocycles. The minimum Gasteiger partial charge on any atom is -0.366 e. The van der Waals surface area contributed by atoms with Gasteiger partial charge in [-0.1, -0.05) is 18.5 Å². The smallest absolute Gasteiger partial charge is 0.254 e. The van der Waals surface area contributed by atoms with E-state index in [1.54, 1.807) is 42.1 Å². The number of hydrogen-bond donors (Lipinski definition) is 2.